The van der Waals surface area contributed by atoms with Crippen molar-refractivity contribution in [1.82, 2.24) is 0 Å². The van der Waals surface area contributed by atoms with Crippen LogP contribution in [0.25, 0.3) is 0 Å². The maximum atomic E-state index is 14.6. The number of alkyl halides is 26. The Labute approximate surface area is 198 Å². The van der Waals surface area contributed by atoms with Crippen molar-refractivity contribution in [3.8, 4) is 0 Å². The van der Waals surface area contributed by atoms with Crippen LogP contribution in [0.3, 0.4) is 0 Å². The van der Waals surface area contributed by atoms with Crippen molar-refractivity contribution in [1.29, 1.82) is 0 Å². The second kappa shape index (κ2) is 8.26. The SMILES string of the molecule is FC(F)(F)C(F)(F)C(F)(F)C(F)(C1=C(C(F)(C(F)(F)F)C(F)(F)C(F)(F)C(F)(F)F)C(F)(F)C1(F)F)C(F)(F)F. The first-order valence-corrected chi connectivity index (χ1v) is 8.41. The van der Waals surface area contributed by atoms with Gasteiger partial charge in [0.05, 0.1) is 11.1 Å². The van der Waals surface area contributed by atoms with Gasteiger partial charge in [0.25, 0.3) is 0 Å². The average Bonchev–Trinajstić information content (AvgIpc) is 2.66. The lowest BCUT2D eigenvalue weighted by Gasteiger charge is -2.53. The van der Waals surface area contributed by atoms with E-state index in [9.17, 15) is 114 Å². The predicted octanol–water partition coefficient (Wildman–Crippen LogP) is 8.77. The summed E-state index contributed by atoms with van der Waals surface area (Å²) in [5, 5.41) is 0. The first-order valence-electron chi connectivity index (χ1n) is 8.41. The Balaban J connectivity index is 4.70. The van der Waals surface area contributed by atoms with Crippen LogP contribution in [0.4, 0.5) is 114 Å². The van der Waals surface area contributed by atoms with E-state index in [1.165, 1.54) is 0 Å². The largest absolute Gasteiger partial charge is 0.460 e. The number of halogens is 26. The third-order valence-corrected chi connectivity index (χ3v) is 5.11. The monoisotopic (exact) mass is 662 g/mol. The van der Waals surface area contributed by atoms with Gasteiger partial charge in [0, 0.05) is 0 Å². The van der Waals surface area contributed by atoms with E-state index < -0.39 is 82.7 Å². The van der Waals surface area contributed by atoms with Crippen LogP contribution in [0.1, 0.15) is 0 Å². The normalized spacial score (nSPS) is 22.9. The Hall–Kier alpha value is -2.08. The summed E-state index contributed by atoms with van der Waals surface area (Å²) in [7, 11) is 0. The highest BCUT2D eigenvalue weighted by atomic mass is 19.4. The molecule has 238 valence electrons. The Kier molecular flexibility index (Phi) is 7.43. The zero-order valence-corrected chi connectivity index (χ0v) is 16.8. The summed E-state index contributed by atoms with van der Waals surface area (Å²) in [6, 6.07) is 0. The van der Waals surface area contributed by atoms with Gasteiger partial charge in [-0.05, 0) is 0 Å². The zero-order valence-electron chi connectivity index (χ0n) is 16.8. The molecule has 0 spiro atoms. The molecule has 0 heterocycles. The molecule has 0 radical (unpaired) electrons. The fourth-order valence-electron chi connectivity index (χ4n) is 3.08. The molecule has 1 aliphatic carbocycles. The van der Waals surface area contributed by atoms with E-state index in [2.05, 4.69) is 0 Å². The van der Waals surface area contributed by atoms with Crippen LogP contribution >= 0.6 is 0 Å². The molecule has 0 aliphatic heterocycles. The topological polar surface area (TPSA) is 0 Å². The van der Waals surface area contributed by atoms with E-state index in [0.717, 1.165) is 0 Å². The van der Waals surface area contributed by atoms with Crippen LogP contribution < -0.4 is 0 Å². The molecule has 1 rings (SSSR count). The number of hydrogen-bond donors (Lipinski definition) is 0. The van der Waals surface area contributed by atoms with Gasteiger partial charge in [-0.3, -0.25) is 0 Å². The summed E-state index contributed by atoms with van der Waals surface area (Å²) < 4.78 is 344. The standard InChI is InChI=1S/C14F26/c15-3(11(29,30)31,7(21,22)9(25,26)13(35,36)37)1-2(6(19,20)5(1,17)18)4(16,12(32,33)34)8(23,24)10(27,28)14(38,39)40. The van der Waals surface area contributed by atoms with Crippen molar-refractivity contribution in [3.05, 3.63) is 11.1 Å². The third kappa shape index (κ3) is 3.83. The van der Waals surface area contributed by atoms with Crippen LogP contribution in [-0.2, 0) is 0 Å². The van der Waals surface area contributed by atoms with Gasteiger partial charge < -0.3 is 0 Å². The summed E-state index contributed by atoms with van der Waals surface area (Å²) in [5.41, 5.74) is -30.6. The lowest BCUT2D eigenvalue weighted by atomic mass is 9.62. The summed E-state index contributed by atoms with van der Waals surface area (Å²) in [6.45, 7) is 0. The van der Waals surface area contributed by atoms with E-state index in [1.54, 1.807) is 0 Å². The lowest BCUT2D eigenvalue weighted by molar-refractivity contribution is -0.421. The second-order valence-electron chi connectivity index (χ2n) is 7.50. The molecule has 26 heteroatoms. The van der Waals surface area contributed by atoms with Crippen LogP contribution in [0.2, 0.25) is 0 Å². The lowest BCUT2D eigenvalue weighted by Crippen LogP contribution is -2.78. The Morgan fingerprint density at radius 1 is 0.275 bits per heavy atom. The quantitative estimate of drug-likeness (QED) is 0.197. The maximum Gasteiger partial charge on any atom is 0.460 e. The van der Waals surface area contributed by atoms with Gasteiger partial charge in [0.2, 0.25) is 0 Å². The molecule has 0 saturated heterocycles. The predicted molar refractivity (Wildman–Crippen MR) is 68.6 cm³/mol. The minimum Gasteiger partial charge on any atom is -0.221 e. The van der Waals surface area contributed by atoms with Gasteiger partial charge in [-0.2, -0.15) is 105 Å². The summed E-state index contributed by atoms with van der Waals surface area (Å²) in [4.78, 5) is 0. The minimum atomic E-state index is -9.23. The van der Waals surface area contributed by atoms with Gasteiger partial charge in [0.15, 0.2) is 0 Å². The third-order valence-electron chi connectivity index (χ3n) is 5.11. The summed E-state index contributed by atoms with van der Waals surface area (Å²) >= 11 is 0. The Bertz CT molecular complexity index is 944. The van der Waals surface area contributed by atoms with Crippen LogP contribution in [-0.4, -0.2) is 71.6 Å². The molecule has 1 aliphatic rings. The Morgan fingerprint density at radius 2 is 0.450 bits per heavy atom. The number of rotatable bonds is 6. The molecule has 2 unspecified atom stereocenters. The van der Waals surface area contributed by atoms with Crippen molar-refractivity contribution in [2.75, 3.05) is 0 Å². The van der Waals surface area contributed by atoms with E-state index in [-0.39, 0.29) is 0 Å². The Morgan fingerprint density at radius 3 is 0.575 bits per heavy atom. The highest BCUT2D eigenvalue weighted by Gasteiger charge is 2.98. The molecule has 40 heavy (non-hydrogen) atoms. The molecule has 0 amide bonds. The summed E-state index contributed by atoms with van der Waals surface area (Å²) in [6.07, 6.45) is -34.3. The second-order valence-corrected chi connectivity index (χ2v) is 7.50. The van der Waals surface area contributed by atoms with Crippen molar-refractivity contribution in [2.45, 2.75) is 71.6 Å². The van der Waals surface area contributed by atoms with Crippen molar-refractivity contribution in [3.63, 3.8) is 0 Å². The molecular formula is C14F26. The number of hydrogen-bond acceptors (Lipinski definition) is 0. The van der Waals surface area contributed by atoms with E-state index in [0.29, 0.717) is 0 Å². The van der Waals surface area contributed by atoms with Gasteiger partial charge in [0.1, 0.15) is 0 Å². The van der Waals surface area contributed by atoms with Crippen molar-refractivity contribution < 1.29 is 114 Å². The first kappa shape index (κ1) is 35.9. The molecule has 0 aromatic carbocycles. The molecule has 0 aromatic heterocycles. The van der Waals surface area contributed by atoms with Crippen LogP contribution in [0.15, 0.2) is 11.1 Å². The van der Waals surface area contributed by atoms with Crippen molar-refractivity contribution in [2.24, 2.45) is 0 Å². The molecule has 0 nitrogen and oxygen atoms in total. The fourth-order valence-corrected chi connectivity index (χ4v) is 3.08. The van der Waals surface area contributed by atoms with Gasteiger partial charge in [-0.25, -0.2) is 8.78 Å². The molecular weight excluding hydrogens is 662 g/mol. The molecule has 0 saturated carbocycles. The highest BCUT2D eigenvalue weighted by molar-refractivity contribution is 5.58. The molecule has 0 fully saturated rings. The summed E-state index contributed by atoms with van der Waals surface area (Å²) in [5.74, 6) is -52.4. The maximum absolute atomic E-state index is 14.6. The van der Waals surface area contributed by atoms with Crippen molar-refractivity contribution >= 4 is 0 Å². The molecule has 0 N–H and O–H groups in total. The van der Waals surface area contributed by atoms with E-state index in [1.807, 2.05) is 0 Å². The zero-order chi connectivity index (χ0) is 33.2. The molecule has 2 atom stereocenters. The minimum absolute atomic E-state index is 6.14. The van der Waals surface area contributed by atoms with E-state index in [4.69, 9.17) is 0 Å². The van der Waals surface area contributed by atoms with Gasteiger partial charge >= 0.3 is 71.6 Å². The molecule has 0 bridgehead atoms. The van der Waals surface area contributed by atoms with Gasteiger partial charge in [-0.15, -0.1) is 0 Å². The smallest absolute Gasteiger partial charge is 0.221 e. The van der Waals surface area contributed by atoms with Gasteiger partial charge in [-0.1, -0.05) is 0 Å². The van der Waals surface area contributed by atoms with E-state index >= 15 is 0 Å². The fraction of sp³-hybridized carbons (Fsp3) is 0.857. The first-order chi connectivity index (χ1) is 16.7. The molecule has 0 aromatic rings. The highest BCUT2D eigenvalue weighted by Crippen LogP contribution is 2.74. The van der Waals surface area contributed by atoms with Crippen LogP contribution in [0, 0.1) is 0 Å². The number of allylic oxidation sites excluding steroid dienone is 2. The average molecular weight is 662 g/mol. The van der Waals surface area contributed by atoms with Crippen LogP contribution in [0.5, 0.6) is 0 Å².